The average molecular weight is 262 g/mol. The SMILES string of the molecule is NCCC1CCN(C(=O)Cc2ccccc2O)CC1. The summed E-state index contributed by atoms with van der Waals surface area (Å²) in [6.45, 7) is 2.37. The second kappa shape index (κ2) is 6.57. The van der Waals surface area contributed by atoms with Crippen molar-refractivity contribution in [1.82, 2.24) is 4.90 Å². The van der Waals surface area contributed by atoms with Crippen molar-refractivity contribution in [1.29, 1.82) is 0 Å². The first-order chi connectivity index (χ1) is 9.20. The number of hydrogen-bond acceptors (Lipinski definition) is 3. The Kier molecular flexibility index (Phi) is 4.80. The summed E-state index contributed by atoms with van der Waals surface area (Å²) in [5.41, 5.74) is 6.27. The Labute approximate surface area is 114 Å². The number of carbonyl (C=O) groups is 1. The molecule has 1 aliphatic rings. The summed E-state index contributed by atoms with van der Waals surface area (Å²) in [6.07, 6.45) is 3.43. The van der Waals surface area contributed by atoms with E-state index in [1.807, 2.05) is 11.0 Å². The average Bonchev–Trinajstić information content (AvgIpc) is 2.42. The Morgan fingerprint density at radius 1 is 1.32 bits per heavy atom. The number of phenolic OH excluding ortho intramolecular Hbond substituents is 1. The van der Waals surface area contributed by atoms with Crippen molar-refractivity contribution in [3.8, 4) is 5.75 Å². The van der Waals surface area contributed by atoms with Gasteiger partial charge in [0, 0.05) is 18.7 Å². The van der Waals surface area contributed by atoms with Gasteiger partial charge < -0.3 is 15.7 Å². The topological polar surface area (TPSA) is 66.6 Å². The monoisotopic (exact) mass is 262 g/mol. The highest BCUT2D eigenvalue weighted by Crippen LogP contribution is 2.22. The van der Waals surface area contributed by atoms with Crippen LogP contribution in [0.2, 0.25) is 0 Å². The molecule has 0 atom stereocenters. The van der Waals surface area contributed by atoms with Crippen LogP contribution in [0.3, 0.4) is 0 Å². The lowest BCUT2D eigenvalue weighted by molar-refractivity contribution is -0.131. The van der Waals surface area contributed by atoms with Gasteiger partial charge >= 0.3 is 0 Å². The molecule has 1 heterocycles. The van der Waals surface area contributed by atoms with Crippen LogP contribution in [0.25, 0.3) is 0 Å². The number of para-hydroxylation sites is 1. The molecular weight excluding hydrogens is 240 g/mol. The molecule has 1 aromatic carbocycles. The molecule has 1 fully saturated rings. The predicted molar refractivity (Wildman–Crippen MR) is 74.8 cm³/mol. The molecule has 0 saturated carbocycles. The smallest absolute Gasteiger partial charge is 0.227 e. The van der Waals surface area contributed by atoms with E-state index in [1.165, 1.54) is 0 Å². The number of aromatic hydroxyl groups is 1. The van der Waals surface area contributed by atoms with Gasteiger partial charge in [-0.1, -0.05) is 18.2 Å². The number of rotatable bonds is 4. The van der Waals surface area contributed by atoms with E-state index in [2.05, 4.69) is 0 Å². The molecule has 0 unspecified atom stereocenters. The van der Waals surface area contributed by atoms with E-state index in [0.717, 1.165) is 38.9 Å². The highest BCUT2D eigenvalue weighted by Gasteiger charge is 2.22. The summed E-state index contributed by atoms with van der Waals surface area (Å²) in [5.74, 6) is 0.973. The normalized spacial score (nSPS) is 16.6. The Balaban J connectivity index is 1.87. The minimum atomic E-state index is 0.104. The number of nitrogens with two attached hydrogens (primary N) is 1. The molecule has 19 heavy (non-hydrogen) atoms. The zero-order valence-corrected chi connectivity index (χ0v) is 11.2. The molecule has 1 aromatic rings. The van der Waals surface area contributed by atoms with Crippen LogP contribution in [0.5, 0.6) is 5.75 Å². The summed E-state index contributed by atoms with van der Waals surface area (Å²) in [5, 5.41) is 9.69. The van der Waals surface area contributed by atoms with Crippen molar-refractivity contribution in [2.75, 3.05) is 19.6 Å². The summed E-state index contributed by atoms with van der Waals surface area (Å²) < 4.78 is 0. The third-order valence-electron chi connectivity index (χ3n) is 3.88. The molecule has 104 valence electrons. The first-order valence-electron chi connectivity index (χ1n) is 6.95. The lowest BCUT2D eigenvalue weighted by Gasteiger charge is -2.32. The van der Waals surface area contributed by atoms with Crippen molar-refractivity contribution in [2.24, 2.45) is 11.7 Å². The molecule has 0 aromatic heterocycles. The maximum Gasteiger partial charge on any atom is 0.227 e. The molecule has 0 radical (unpaired) electrons. The molecule has 3 N–H and O–H groups in total. The Morgan fingerprint density at radius 3 is 2.63 bits per heavy atom. The van der Waals surface area contributed by atoms with Crippen LogP contribution < -0.4 is 5.73 Å². The fourth-order valence-electron chi connectivity index (χ4n) is 2.64. The van der Waals surface area contributed by atoms with Crippen LogP contribution in [-0.4, -0.2) is 35.5 Å². The zero-order valence-electron chi connectivity index (χ0n) is 11.2. The van der Waals surface area contributed by atoms with E-state index < -0.39 is 0 Å². The molecule has 4 heteroatoms. The summed E-state index contributed by atoms with van der Waals surface area (Å²) >= 11 is 0. The predicted octanol–water partition coefficient (Wildman–Crippen LogP) is 1.52. The molecule has 1 amide bonds. The highest BCUT2D eigenvalue weighted by molar-refractivity contribution is 5.79. The fraction of sp³-hybridized carbons (Fsp3) is 0.533. The van der Waals surface area contributed by atoms with Crippen molar-refractivity contribution in [3.05, 3.63) is 29.8 Å². The molecule has 2 rings (SSSR count). The number of benzene rings is 1. The van der Waals surface area contributed by atoms with Crippen LogP contribution in [0.4, 0.5) is 0 Å². The molecule has 0 spiro atoms. The number of likely N-dealkylation sites (tertiary alicyclic amines) is 1. The Hall–Kier alpha value is -1.55. The minimum absolute atomic E-state index is 0.104. The molecule has 1 aliphatic heterocycles. The number of piperidine rings is 1. The zero-order chi connectivity index (χ0) is 13.7. The number of hydrogen-bond donors (Lipinski definition) is 2. The molecular formula is C15H22N2O2. The van der Waals surface area contributed by atoms with Gasteiger partial charge in [0.2, 0.25) is 5.91 Å². The van der Waals surface area contributed by atoms with E-state index >= 15 is 0 Å². The first-order valence-corrected chi connectivity index (χ1v) is 6.95. The minimum Gasteiger partial charge on any atom is -0.508 e. The standard InChI is InChI=1S/C15H22N2O2/c16-8-5-12-6-9-17(10-7-12)15(19)11-13-3-1-2-4-14(13)18/h1-4,12,18H,5-11,16H2. The van der Waals surface area contributed by atoms with Crippen LogP contribution >= 0.6 is 0 Å². The van der Waals surface area contributed by atoms with E-state index in [4.69, 9.17) is 5.73 Å². The van der Waals surface area contributed by atoms with E-state index in [1.54, 1.807) is 18.2 Å². The van der Waals surface area contributed by atoms with Gasteiger partial charge in [0.15, 0.2) is 0 Å². The highest BCUT2D eigenvalue weighted by atomic mass is 16.3. The van der Waals surface area contributed by atoms with Crippen LogP contribution in [-0.2, 0) is 11.2 Å². The van der Waals surface area contributed by atoms with Gasteiger partial charge in [-0.3, -0.25) is 4.79 Å². The second-order valence-corrected chi connectivity index (χ2v) is 5.21. The summed E-state index contributed by atoms with van der Waals surface area (Å²) in [4.78, 5) is 14.1. The fourth-order valence-corrected chi connectivity index (χ4v) is 2.64. The molecule has 1 saturated heterocycles. The number of nitrogens with zero attached hydrogens (tertiary/aromatic N) is 1. The van der Waals surface area contributed by atoms with E-state index in [0.29, 0.717) is 11.5 Å². The molecule has 0 aliphatic carbocycles. The van der Waals surface area contributed by atoms with Gasteiger partial charge in [-0.05, 0) is 37.8 Å². The van der Waals surface area contributed by atoms with Crippen molar-refractivity contribution in [2.45, 2.75) is 25.7 Å². The van der Waals surface area contributed by atoms with Gasteiger partial charge in [-0.2, -0.15) is 0 Å². The molecule has 0 bridgehead atoms. The third-order valence-corrected chi connectivity index (χ3v) is 3.88. The van der Waals surface area contributed by atoms with Crippen LogP contribution in [0.1, 0.15) is 24.8 Å². The largest absolute Gasteiger partial charge is 0.508 e. The van der Waals surface area contributed by atoms with Gasteiger partial charge in [0.1, 0.15) is 5.75 Å². The van der Waals surface area contributed by atoms with Gasteiger partial charge in [0.25, 0.3) is 0 Å². The third kappa shape index (κ3) is 3.70. The first kappa shape index (κ1) is 13.9. The molecule has 4 nitrogen and oxygen atoms in total. The Morgan fingerprint density at radius 2 is 2.00 bits per heavy atom. The lowest BCUT2D eigenvalue weighted by atomic mass is 9.93. The maximum absolute atomic E-state index is 12.2. The quantitative estimate of drug-likeness (QED) is 0.864. The van der Waals surface area contributed by atoms with Crippen LogP contribution in [0.15, 0.2) is 24.3 Å². The van der Waals surface area contributed by atoms with Crippen molar-refractivity contribution < 1.29 is 9.90 Å². The second-order valence-electron chi connectivity index (χ2n) is 5.21. The van der Waals surface area contributed by atoms with Gasteiger partial charge in [-0.25, -0.2) is 0 Å². The number of amides is 1. The summed E-state index contributed by atoms with van der Waals surface area (Å²) in [7, 11) is 0. The van der Waals surface area contributed by atoms with E-state index in [-0.39, 0.29) is 18.1 Å². The lowest BCUT2D eigenvalue weighted by Crippen LogP contribution is -2.39. The van der Waals surface area contributed by atoms with Gasteiger partial charge in [-0.15, -0.1) is 0 Å². The van der Waals surface area contributed by atoms with E-state index in [9.17, 15) is 9.90 Å². The summed E-state index contributed by atoms with van der Waals surface area (Å²) in [6, 6.07) is 7.03. The number of carbonyl (C=O) groups excluding carboxylic acids is 1. The Bertz CT molecular complexity index is 426. The van der Waals surface area contributed by atoms with Gasteiger partial charge in [0.05, 0.1) is 6.42 Å². The number of phenols is 1. The van der Waals surface area contributed by atoms with Crippen molar-refractivity contribution in [3.63, 3.8) is 0 Å². The van der Waals surface area contributed by atoms with Crippen LogP contribution in [0, 0.1) is 5.92 Å². The van der Waals surface area contributed by atoms with Crippen molar-refractivity contribution >= 4 is 5.91 Å². The maximum atomic E-state index is 12.2.